The minimum Gasteiger partial charge on any atom is -0.207 e. The minimum atomic E-state index is -0.368. The van der Waals surface area contributed by atoms with Crippen molar-refractivity contribution >= 4 is 0 Å². The molecule has 0 aliphatic heterocycles. The zero-order chi connectivity index (χ0) is 16.4. The van der Waals surface area contributed by atoms with Gasteiger partial charge in [-0.05, 0) is 72.4 Å². The van der Waals surface area contributed by atoms with Crippen LogP contribution < -0.4 is 0 Å². The topological polar surface area (TPSA) is 0 Å². The SMILES string of the molecule is CCCc1cc(F)c(C2CCc3cc(CC)ccc3C2)c(F)c1. The van der Waals surface area contributed by atoms with Gasteiger partial charge in [0, 0.05) is 5.56 Å². The van der Waals surface area contributed by atoms with Gasteiger partial charge in [-0.3, -0.25) is 0 Å². The van der Waals surface area contributed by atoms with E-state index < -0.39 is 0 Å². The van der Waals surface area contributed by atoms with E-state index >= 15 is 0 Å². The molecule has 2 heteroatoms. The minimum absolute atomic E-state index is 0.0503. The number of benzene rings is 2. The lowest BCUT2D eigenvalue weighted by atomic mass is 9.79. The van der Waals surface area contributed by atoms with Crippen LogP contribution in [0.1, 0.15) is 60.4 Å². The standard InChI is InChI=1S/C21H24F2/c1-3-5-15-11-19(22)21(20(23)12-15)18-9-8-16-10-14(4-2)6-7-17(16)13-18/h6-7,10-12,18H,3-5,8-9,13H2,1-2H3. The highest BCUT2D eigenvalue weighted by Gasteiger charge is 2.25. The molecule has 122 valence electrons. The second-order valence-electron chi connectivity index (χ2n) is 6.62. The van der Waals surface area contributed by atoms with Crippen LogP contribution in [-0.4, -0.2) is 0 Å². The first-order valence-electron chi connectivity index (χ1n) is 8.70. The first-order valence-corrected chi connectivity index (χ1v) is 8.70. The van der Waals surface area contributed by atoms with Crippen LogP contribution in [0.5, 0.6) is 0 Å². The van der Waals surface area contributed by atoms with Crippen molar-refractivity contribution in [1.82, 2.24) is 0 Å². The highest BCUT2D eigenvalue weighted by atomic mass is 19.1. The summed E-state index contributed by atoms with van der Waals surface area (Å²) in [5.74, 6) is -0.787. The van der Waals surface area contributed by atoms with Gasteiger partial charge in [-0.1, -0.05) is 38.5 Å². The third-order valence-electron chi connectivity index (χ3n) is 4.99. The molecule has 0 radical (unpaired) electrons. The maximum Gasteiger partial charge on any atom is 0.129 e. The highest BCUT2D eigenvalue weighted by molar-refractivity contribution is 5.38. The van der Waals surface area contributed by atoms with Gasteiger partial charge in [0.25, 0.3) is 0 Å². The first kappa shape index (κ1) is 16.2. The first-order chi connectivity index (χ1) is 11.1. The molecule has 0 saturated heterocycles. The van der Waals surface area contributed by atoms with Crippen LogP contribution in [0.15, 0.2) is 30.3 Å². The fraction of sp³-hybridized carbons (Fsp3) is 0.429. The Labute approximate surface area is 137 Å². The van der Waals surface area contributed by atoms with Gasteiger partial charge in [0.05, 0.1) is 0 Å². The molecule has 2 aromatic carbocycles. The Morgan fingerprint density at radius 2 is 1.70 bits per heavy atom. The Kier molecular flexibility index (Phi) is 4.79. The van der Waals surface area contributed by atoms with Crippen LogP contribution in [0.3, 0.4) is 0 Å². The van der Waals surface area contributed by atoms with E-state index in [-0.39, 0.29) is 23.1 Å². The molecular formula is C21H24F2. The molecule has 0 bridgehead atoms. The Bertz CT molecular complexity index is 680. The smallest absolute Gasteiger partial charge is 0.129 e. The highest BCUT2D eigenvalue weighted by Crippen LogP contribution is 2.36. The Morgan fingerprint density at radius 1 is 0.957 bits per heavy atom. The van der Waals surface area contributed by atoms with Crippen molar-refractivity contribution in [3.05, 3.63) is 69.8 Å². The number of hydrogen-bond donors (Lipinski definition) is 0. The molecule has 23 heavy (non-hydrogen) atoms. The average molecular weight is 314 g/mol. The van der Waals surface area contributed by atoms with Crippen molar-refractivity contribution in [3.8, 4) is 0 Å². The molecule has 0 nitrogen and oxygen atoms in total. The van der Waals surface area contributed by atoms with Gasteiger partial charge in [0.15, 0.2) is 0 Å². The van der Waals surface area contributed by atoms with Crippen molar-refractivity contribution in [1.29, 1.82) is 0 Å². The molecule has 1 unspecified atom stereocenters. The maximum atomic E-state index is 14.5. The molecule has 0 amide bonds. The van der Waals surface area contributed by atoms with E-state index in [1.807, 2.05) is 6.92 Å². The Morgan fingerprint density at radius 3 is 2.35 bits per heavy atom. The van der Waals surface area contributed by atoms with Crippen LogP contribution in [0.4, 0.5) is 8.78 Å². The molecule has 0 saturated carbocycles. The second kappa shape index (κ2) is 6.82. The molecule has 1 aliphatic rings. The molecule has 3 rings (SSSR count). The van der Waals surface area contributed by atoms with Gasteiger partial charge in [-0.2, -0.15) is 0 Å². The van der Waals surface area contributed by atoms with Gasteiger partial charge in [-0.25, -0.2) is 8.78 Å². The Hall–Kier alpha value is -1.70. The van der Waals surface area contributed by atoms with Gasteiger partial charge in [0.2, 0.25) is 0 Å². The zero-order valence-corrected chi connectivity index (χ0v) is 14.0. The summed E-state index contributed by atoms with van der Waals surface area (Å²) in [4.78, 5) is 0. The largest absolute Gasteiger partial charge is 0.207 e. The van der Waals surface area contributed by atoms with Crippen molar-refractivity contribution in [2.24, 2.45) is 0 Å². The lowest BCUT2D eigenvalue weighted by Crippen LogP contribution is -2.16. The van der Waals surface area contributed by atoms with Gasteiger partial charge in [0.1, 0.15) is 11.6 Å². The van der Waals surface area contributed by atoms with Crippen LogP contribution in [0.2, 0.25) is 0 Å². The molecule has 0 spiro atoms. The summed E-state index contributed by atoms with van der Waals surface area (Å²) in [6.45, 7) is 4.17. The third kappa shape index (κ3) is 3.31. The van der Waals surface area contributed by atoms with Crippen molar-refractivity contribution in [3.63, 3.8) is 0 Å². The van der Waals surface area contributed by atoms with Gasteiger partial charge >= 0.3 is 0 Å². The molecule has 1 atom stereocenters. The summed E-state index contributed by atoms with van der Waals surface area (Å²) in [5.41, 5.74) is 4.98. The van der Waals surface area contributed by atoms with E-state index in [4.69, 9.17) is 0 Å². The second-order valence-corrected chi connectivity index (χ2v) is 6.62. The number of hydrogen-bond acceptors (Lipinski definition) is 0. The van der Waals surface area contributed by atoms with Gasteiger partial charge in [-0.15, -0.1) is 0 Å². The lowest BCUT2D eigenvalue weighted by molar-refractivity contribution is 0.489. The maximum absolute atomic E-state index is 14.5. The number of aryl methyl sites for hydroxylation is 3. The molecule has 2 aromatic rings. The average Bonchev–Trinajstić information content (AvgIpc) is 2.54. The summed E-state index contributed by atoms with van der Waals surface area (Å²) in [7, 11) is 0. The van der Waals surface area contributed by atoms with Crippen molar-refractivity contribution in [2.45, 2.75) is 58.3 Å². The normalized spacial score (nSPS) is 17.1. The number of rotatable bonds is 4. The van der Waals surface area contributed by atoms with Crippen LogP contribution in [0.25, 0.3) is 0 Å². The van der Waals surface area contributed by atoms with Crippen LogP contribution >= 0.6 is 0 Å². The monoisotopic (exact) mass is 314 g/mol. The van der Waals surface area contributed by atoms with E-state index in [2.05, 4.69) is 25.1 Å². The fourth-order valence-corrected chi connectivity index (χ4v) is 3.73. The molecule has 0 heterocycles. The van der Waals surface area contributed by atoms with Crippen LogP contribution in [0, 0.1) is 11.6 Å². The summed E-state index contributed by atoms with van der Waals surface area (Å²) < 4.78 is 28.9. The van der Waals surface area contributed by atoms with Gasteiger partial charge < -0.3 is 0 Å². The fourth-order valence-electron chi connectivity index (χ4n) is 3.73. The molecular weight excluding hydrogens is 290 g/mol. The van der Waals surface area contributed by atoms with E-state index in [1.54, 1.807) is 0 Å². The molecule has 0 fully saturated rings. The van der Waals surface area contributed by atoms with Crippen molar-refractivity contribution < 1.29 is 8.78 Å². The van der Waals surface area contributed by atoms with E-state index in [9.17, 15) is 8.78 Å². The van der Waals surface area contributed by atoms with E-state index in [1.165, 1.54) is 28.8 Å². The summed E-state index contributed by atoms with van der Waals surface area (Å²) in [6, 6.07) is 9.58. The quantitative estimate of drug-likeness (QED) is 0.674. The predicted octanol–water partition coefficient (Wildman–Crippen LogP) is 5.75. The zero-order valence-electron chi connectivity index (χ0n) is 14.0. The molecule has 0 N–H and O–H groups in total. The third-order valence-corrected chi connectivity index (χ3v) is 4.99. The molecule has 1 aliphatic carbocycles. The predicted molar refractivity (Wildman–Crippen MR) is 90.9 cm³/mol. The summed E-state index contributed by atoms with van der Waals surface area (Å²) in [5, 5.41) is 0. The summed E-state index contributed by atoms with van der Waals surface area (Å²) >= 11 is 0. The number of halogens is 2. The Balaban J connectivity index is 1.89. The lowest BCUT2D eigenvalue weighted by Gasteiger charge is -2.26. The van der Waals surface area contributed by atoms with E-state index in [0.29, 0.717) is 0 Å². The summed E-state index contributed by atoms with van der Waals surface area (Å²) in [6.07, 6.45) is 5.11. The van der Waals surface area contributed by atoms with E-state index in [0.717, 1.165) is 44.1 Å². The van der Waals surface area contributed by atoms with Crippen molar-refractivity contribution in [2.75, 3.05) is 0 Å². The van der Waals surface area contributed by atoms with Crippen LogP contribution in [-0.2, 0) is 25.7 Å². The number of fused-ring (bicyclic) bond motifs is 1. The molecule has 0 aromatic heterocycles.